The van der Waals surface area contributed by atoms with Crippen molar-refractivity contribution >= 4 is 0 Å². The van der Waals surface area contributed by atoms with Crippen molar-refractivity contribution in [2.75, 3.05) is 20.8 Å². The highest BCUT2D eigenvalue weighted by Gasteiger charge is 2.39. The fourth-order valence-electron chi connectivity index (χ4n) is 2.08. The molecule has 1 aliphatic carbocycles. The molecule has 1 saturated carbocycles. The van der Waals surface area contributed by atoms with Gasteiger partial charge in [-0.15, -0.1) is 0 Å². The summed E-state index contributed by atoms with van der Waals surface area (Å²) >= 11 is 0. The molecule has 6 nitrogen and oxygen atoms in total. The van der Waals surface area contributed by atoms with Crippen molar-refractivity contribution in [3.63, 3.8) is 0 Å². The monoisotopic (exact) mass is 268 g/mol. The molecular formula is C13H20N2O4. The maximum Gasteiger partial charge on any atom is 0.241 e. The molecule has 1 fully saturated rings. The van der Waals surface area contributed by atoms with Crippen LogP contribution in [0.15, 0.2) is 6.20 Å². The first-order valence-corrected chi connectivity index (χ1v) is 6.45. The Morgan fingerprint density at radius 2 is 2.11 bits per heavy atom. The van der Waals surface area contributed by atoms with Gasteiger partial charge in [-0.25, -0.2) is 4.98 Å². The van der Waals surface area contributed by atoms with Crippen molar-refractivity contribution in [3.8, 4) is 11.8 Å². The predicted molar refractivity (Wildman–Crippen MR) is 68.2 cm³/mol. The fourth-order valence-corrected chi connectivity index (χ4v) is 2.08. The van der Waals surface area contributed by atoms with Gasteiger partial charge in [-0.1, -0.05) is 0 Å². The Kier molecular flexibility index (Phi) is 4.55. The molecule has 2 unspecified atom stereocenters. The molecule has 0 saturated heterocycles. The van der Waals surface area contributed by atoms with E-state index >= 15 is 0 Å². The van der Waals surface area contributed by atoms with Crippen LogP contribution >= 0.6 is 0 Å². The van der Waals surface area contributed by atoms with Crippen molar-refractivity contribution in [1.29, 1.82) is 0 Å². The minimum Gasteiger partial charge on any atom is -0.480 e. The molecule has 1 aromatic heterocycles. The van der Waals surface area contributed by atoms with Gasteiger partial charge >= 0.3 is 0 Å². The number of nitrogens with zero attached hydrogens (tertiary/aromatic N) is 2. The Morgan fingerprint density at radius 3 is 2.63 bits per heavy atom. The van der Waals surface area contributed by atoms with E-state index in [9.17, 15) is 5.11 Å². The minimum atomic E-state index is -0.833. The van der Waals surface area contributed by atoms with Crippen molar-refractivity contribution in [1.82, 2.24) is 9.97 Å². The van der Waals surface area contributed by atoms with Gasteiger partial charge in [-0.05, 0) is 25.7 Å². The van der Waals surface area contributed by atoms with Crippen LogP contribution in [0.4, 0.5) is 0 Å². The third kappa shape index (κ3) is 3.13. The fraction of sp³-hybridized carbons (Fsp3) is 0.692. The Balaban J connectivity index is 2.23. The largest absolute Gasteiger partial charge is 0.480 e. The molecule has 2 rings (SSSR count). The number of aliphatic hydroxyl groups is 1. The summed E-state index contributed by atoms with van der Waals surface area (Å²) in [5, 5.41) is 10.4. The van der Waals surface area contributed by atoms with Gasteiger partial charge in [0, 0.05) is 6.61 Å². The van der Waals surface area contributed by atoms with E-state index in [1.807, 2.05) is 6.92 Å². The molecule has 0 bridgehead atoms. The molecule has 6 heteroatoms. The van der Waals surface area contributed by atoms with E-state index in [0.29, 0.717) is 24.1 Å². The molecule has 106 valence electrons. The van der Waals surface area contributed by atoms with Crippen molar-refractivity contribution < 1.29 is 19.3 Å². The molecule has 1 N–H and O–H groups in total. The van der Waals surface area contributed by atoms with Crippen molar-refractivity contribution in [2.24, 2.45) is 5.92 Å². The van der Waals surface area contributed by atoms with Gasteiger partial charge in [-0.3, -0.25) is 0 Å². The predicted octanol–water partition coefficient (Wildman–Crippen LogP) is 1.34. The third-order valence-corrected chi connectivity index (χ3v) is 3.18. The highest BCUT2D eigenvalue weighted by Crippen LogP contribution is 2.41. The number of hydrogen-bond acceptors (Lipinski definition) is 6. The maximum absolute atomic E-state index is 10.4. The number of aromatic nitrogens is 2. The topological polar surface area (TPSA) is 73.7 Å². The number of ether oxygens (including phenoxy) is 3. The second-order valence-electron chi connectivity index (χ2n) is 4.51. The number of aliphatic hydroxyl groups excluding tert-OH is 1. The zero-order chi connectivity index (χ0) is 13.8. The molecule has 0 aromatic carbocycles. The molecule has 19 heavy (non-hydrogen) atoms. The van der Waals surface area contributed by atoms with Crippen molar-refractivity contribution in [2.45, 2.75) is 32.0 Å². The van der Waals surface area contributed by atoms with Gasteiger partial charge in [0.25, 0.3) is 0 Å². The first kappa shape index (κ1) is 14.0. The molecule has 1 aliphatic rings. The lowest BCUT2D eigenvalue weighted by atomic mass is 10.1. The van der Waals surface area contributed by atoms with Crippen LogP contribution in [0.5, 0.6) is 11.8 Å². The molecule has 0 amide bonds. The Hall–Kier alpha value is -1.40. The number of hydrogen-bond donors (Lipinski definition) is 1. The Morgan fingerprint density at radius 1 is 1.37 bits per heavy atom. The summed E-state index contributed by atoms with van der Waals surface area (Å²) in [5.74, 6) is 1.02. The summed E-state index contributed by atoms with van der Waals surface area (Å²) in [6, 6.07) is 0. The zero-order valence-corrected chi connectivity index (χ0v) is 11.5. The van der Waals surface area contributed by atoms with Crippen LogP contribution in [0, 0.1) is 5.92 Å². The molecule has 1 heterocycles. The summed E-state index contributed by atoms with van der Waals surface area (Å²) in [7, 11) is 3.00. The number of methoxy groups -OCH3 is 2. The standard InChI is InChI=1S/C13H20N2O4/c1-4-19-12(8-5-6-8)11(16)10-13(18-3)15-9(17-2)7-14-10/h7-8,11-12,16H,4-6H2,1-3H3. The van der Waals surface area contributed by atoms with Crippen LogP contribution < -0.4 is 9.47 Å². The van der Waals surface area contributed by atoms with E-state index in [1.54, 1.807) is 0 Å². The smallest absolute Gasteiger partial charge is 0.241 e. The van der Waals surface area contributed by atoms with Crippen LogP contribution in [0.1, 0.15) is 31.6 Å². The lowest BCUT2D eigenvalue weighted by Gasteiger charge is -2.23. The van der Waals surface area contributed by atoms with E-state index in [2.05, 4.69) is 9.97 Å². The summed E-state index contributed by atoms with van der Waals surface area (Å²) in [4.78, 5) is 8.32. The summed E-state index contributed by atoms with van der Waals surface area (Å²) in [6.07, 6.45) is 2.54. The van der Waals surface area contributed by atoms with Crippen molar-refractivity contribution in [3.05, 3.63) is 11.9 Å². The van der Waals surface area contributed by atoms with Gasteiger partial charge in [0.15, 0.2) is 0 Å². The van der Waals surface area contributed by atoms with Gasteiger partial charge in [0.2, 0.25) is 11.8 Å². The third-order valence-electron chi connectivity index (χ3n) is 3.18. The maximum atomic E-state index is 10.4. The molecular weight excluding hydrogens is 248 g/mol. The molecule has 1 aromatic rings. The van der Waals surface area contributed by atoms with Crippen LogP contribution in [0.25, 0.3) is 0 Å². The lowest BCUT2D eigenvalue weighted by molar-refractivity contribution is -0.0489. The van der Waals surface area contributed by atoms with Gasteiger partial charge < -0.3 is 19.3 Å². The summed E-state index contributed by atoms with van der Waals surface area (Å²) < 4.78 is 15.8. The molecule has 0 aliphatic heterocycles. The first-order chi connectivity index (χ1) is 9.21. The van der Waals surface area contributed by atoms with Crippen LogP contribution in [0.3, 0.4) is 0 Å². The minimum absolute atomic E-state index is 0.249. The molecule has 0 spiro atoms. The van der Waals surface area contributed by atoms with Gasteiger partial charge in [-0.2, -0.15) is 4.98 Å². The second kappa shape index (κ2) is 6.16. The SMILES string of the molecule is CCOC(C1CC1)C(O)c1ncc(OC)nc1OC. The second-order valence-corrected chi connectivity index (χ2v) is 4.51. The average molecular weight is 268 g/mol. The molecule has 2 atom stereocenters. The van der Waals surface area contributed by atoms with Crippen LogP contribution in [0.2, 0.25) is 0 Å². The van der Waals surface area contributed by atoms with Crippen LogP contribution in [-0.4, -0.2) is 42.0 Å². The Labute approximate surface area is 112 Å². The van der Waals surface area contributed by atoms with E-state index in [-0.39, 0.29) is 12.0 Å². The highest BCUT2D eigenvalue weighted by atomic mass is 16.5. The quantitative estimate of drug-likeness (QED) is 0.804. The summed E-state index contributed by atoms with van der Waals surface area (Å²) in [6.45, 7) is 2.48. The van der Waals surface area contributed by atoms with Gasteiger partial charge in [0.1, 0.15) is 11.8 Å². The van der Waals surface area contributed by atoms with Gasteiger partial charge in [0.05, 0.1) is 26.5 Å². The van der Waals surface area contributed by atoms with E-state index in [0.717, 1.165) is 12.8 Å². The van der Waals surface area contributed by atoms with Crippen LogP contribution in [-0.2, 0) is 4.74 Å². The van der Waals surface area contributed by atoms with E-state index < -0.39 is 6.10 Å². The normalized spacial score (nSPS) is 17.9. The highest BCUT2D eigenvalue weighted by molar-refractivity contribution is 5.25. The lowest BCUT2D eigenvalue weighted by Crippen LogP contribution is -2.26. The summed E-state index contributed by atoms with van der Waals surface area (Å²) in [5.41, 5.74) is 0.397. The zero-order valence-electron chi connectivity index (χ0n) is 11.5. The number of rotatable bonds is 7. The molecule has 0 radical (unpaired) electrons. The van der Waals surface area contributed by atoms with E-state index in [4.69, 9.17) is 14.2 Å². The Bertz CT molecular complexity index is 423. The average Bonchev–Trinajstić information content (AvgIpc) is 3.27. The first-order valence-electron chi connectivity index (χ1n) is 6.45. The van der Waals surface area contributed by atoms with E-state index in [1.165, 1.54) is 20.4 Å².